The second-order valence-electron chi connectivity index (χ2n) is 2.71. The molecule has 74 valence electrons. The first kappa shape index (κ1) is 12.1. The molecule has 12 heavy (non-hydrogen) atoms. The zero-order valence-electron chi connectivity index (χ0n) is 7.70. The summed E-state index contributed by atoms with van der Waals surface area (Å²) < 4.78 is 19.4. The minimum atomic E-state index is -2.67. The third-order valence-corrected chi connectivity index (χ3v) is 1.08. The fourth-order valence-electron chi connectivity index (χ4n) is 0.285. The molecular weight excluding hydrogens is 183 g/mol. The molecule has 0 aromatic heterocycles. The Hall–Kier alpha value is 0.0700. The van der Waals surface area contributed by atoms with Crippen molar-refractivity contribution < 1.29 is 23.7 Å². The molecule has 0 N–H and O–H groups in total. The fourth-order valence-corrected chi connectivity index (χ4v) is 0.855. The van der Waals surface area contributed by atoms with Gasteiger partial charge in [0.2, 0.25) is 0 Å². The normalized spacial score (nSPS) is 11.9. The molecule has 0 unspecified atom stereocenters. The Kier molecular flexibility index (Phi) is 6.61. The molecule has 0 saturated heterocycles. The molecular formula is C6H15O5P. The number of hydrogen-bond acceptors (Lipinski definition) is 5. The molecule has 0 saturated carbocycles. The molecule has 0 aliphatic carbocycles. The molecule has 0 fully saturated rings. The molecule has 6 heteroatoms. The van der Waals surface area contributed by atoms with Crippen LogP contribution >= 0.6 is 8.25 Å². The van der Waals surface area contributed by atoms with Crippen LogP contribution in [0.2, 0.25) is 0 Å². The average Bonchev–Trinajstić information content (AvgIpc) is 1.96. The number of hydrogen-bond donors (Lipinski definition) is 0. The van der Waals surface area contributed by atoms with Gasteiger partial charge < -0.3 is 0 Å². The Labute approximate surface area is 72.8 Å². The van der Waals surface area contributed by atoms with Crippen molar-refractivity contribution in [1.29, 1.82) is 0 Å². The minimum Gasteiger partial charge on any atom is -0.259 e. The van der Waals surface area contributed by atoms with E-state index in [1.54, 1.807) is 27.7 Å². The Morgan fingerprint density at radius 2 is 1.25 bits per heavy atom. The van der Waals surface area contributed by atoms with Crippen molar-refractivity contribution in [2.24, 2.45) is 0 Å². The lowest BCUT2D eigenvalue weighted by molar-refractivity contribution is -0.284. The van der Waals surface area contributed by atoms with E-state index in [9.17, 15) is 4.57 Å². The van der Waals surface area contributed by atoms with Crippen LogP contribution in [0.5, 0.6) is 0 Å². The maximum atomic E-state index is 10.7. The zero-order valence-corrected chi connectivity index (χ0v) is 8.70. The summed E-state index contributed by atoms with van der Waals surface area (Å²) in [6, 6.07) is 0. The van der Waals surface area contributed by atoms with E-state index >= 15 is 0 Å². The molecule has 5 nitrogen and oxygen atoms in total. The first-order valence-electron chi connectivity index (χ1n) is 3.73. The van der Waals surface area contributed by atoms with Crippen LogP contribution < -0.4 is 0 Å². The van der Waals surface area contributed by atoms with Crippen LogP contribution in [-0.2, 0) is 23.7 Å². The first-order valence-corrected chi connectivity index (χ1v) is 4.95. The lowest BCUT2D eigenvalue weighted by atomic mass is 10.5. The molecule has 0 heterocycles. The maximum Gasteiger partial charge on any atom is 0.373 e. The molecule has 0 spiro atoms. The summed E-state index contributed by atoms with van der Waals surface area (Å²) in [6.07, 6.45) is -0.303. The van der Waals surface area contributed by atoms with Crippen LogP contribution in [0.3, 0.4) is 0 Å². The Morgan fingerprint density at radius 3 is 1.50 bits per heavy atom. The lowest BCUT2D eigenvalue weighted by Gasteiger charge is -2.07. The molecule has 0 atom stereocenters. The molecule has 0 aromatic rings. The van der Waals surface area contributed by atoms with Crippen molar-refractivity contribution in [2.45, 2.75) is 39.9 Å². The second-order valence-corrected chi connectivity index (χ2v) is 3.54. The zero-order chi connectivity index (χ0) is 9.56. The van der Waals surface area contributed by atoms with Gasteiger partial charge in [0.1, 0.15) is 0 Å². The van der Waals surface area contributed by atoms with Crippen LogP contribution in [0.1, 0.15) is 27.7 Å². The average molecular weight is 198 g/mol. The van der Waals surface area contributed by atoms with Crippen LogP contribution in [0, 0.1) is 0 Å². The summed E-state index contributed by atoms with van der Waals surface area (Å²) in [7, 11) is -2.67. The van der Waals surface area contributed by atoms with Gasteiger partial charge in [0.05, 0.1) is 12.2 Å². The van der Waals surface area contributed by atoms with Gasteiger partial charge in [-0.15, -0.1) is 9.35 Å². The monoisotopic (exact) mass is 198 g/mol. The van der Waals surface area contributed by atoms with Crippen molar-refractivity contribution in [3.05, 3.63) is 0 Å². The van der Waals surface area contributed by atoms with Crippen molar-refractivity contribution in [3.8, 4) is 0 Å². The van der Waals surface area contributed by atoms with Gasteiger partial charge in [-0.25, -0.2) is 9.78 Å². The van der Waals surface area contributed by atoms with Gasteiger partial charge in [-0.2, -0.15) is 0 Å². The SMILES string of the molecule is CC(C)OO[PH](=O)OOC(C)C. The second kappa shape index (κ2) is 6.57. The van der Waals surface area contributed by atoms with Crippen LogP contribution in [0.15, 0.2) is 0 Å². The van der Waals surface area contributed by atoms with Gasteiger partial charge in [-0.1, -0.05) is 0 Å². The molecule has 0 amide bonds. The lowest BCUT2D eigenvalue weighted by Crippen LogP contribution is -2.02. The highest BCUT2D eigenvalue weighted by Crippen LogP contribution is 2.25. The summed E-state index contributed by atoms with van der Waals surface area (Å²) >= 11 is 0. The van der Waals surface area contributed by atoms with Gasteiger partial charge in [-0.3, -0.25) is 4.57 Å². The summed E-state index contributed by atoms with van der Waals surface area (Å²) in [5.41, 5.74) is 0. The molecule has 0 aliphatic rings. The quantitative estimate of drug-likeness (QED) is 0.371. The molecule has 0 rings (SSSR count). The van der Waals surface area contributed by atoms with E-state index in [2.05, 4.69) is 19.1 Å². The highest BCUT2D eigenvalue weighted by atomic mass is 31.1. The third-order valence-electron chi connectivity index (χ3n) is 0.617. The maximum absolute atomic E-state index is 10.7. The van der Waals surface area contributed by atoms with E-state index in [1.807, 2.05) is 0 Å². The van der Waals surface area contributed by atoms with Crippen molar-refractivity contribution in [2.75, 3.05) is 0 Å². The standard InChI is InChI=1S/C6H15O5P/c1-5(2)8-10-12(7)11-9-6(3)4/h5-6,12H,1-4H3. The molecule has 0 bridgehead atoms. The van der Waals surface area contributed by atoms with Gasteiger partial charge in [0.15, 0.2) is 0 Å². The smallest absolute Gasteiger partial charge is 0.259 e. The Morgan fingerprint density at radius 1 is 0.917 bits per heavy atom. The van der Waals surface area contributed by atoms with E-state index in [1.165, 1.54) is 0 Å². The molecule has 0 radical (unpaired) electrons. The van der Waals surface area contributed by atoms with Gasteiger partial charge in [0.25, 0.3) is 0 Å². The Bertz CT molecular complexity index is 122. The van der Waals surface area contributed by atoms with Crippen molar-refractivity contribution >= 4 is 8.25 Å². The topological polar surface area (TPSA) is 54.0 Å². The highest BCUT2D eigenvalue weighted by Gasteiger charge is 2.04. The van der Waals surface area contributed by atoms with Crippen molar-refractivity contribution in [3.63, 3.8) is 0 Å². The van der Waals surface area contributed by atoms with Gasteiger partial charge >= 0.3 is 8.25 Å². The summed E-state index contributed by atoms with van der Waals surface area (Å²) in [6.45, 7) is 6.99. The third kappa shape index (κ3) is 8.17. The minimum absolute atomic E-state index is 0.151. The van der Waals surface area contributed by atoms with Gasteiger partial charge in [0, 0.05) is 0 Å². The largest absolute Gasteiger partial charge is 0.373 e. The van der Waals surface area contributed by atoms with Crippen LogP contribution in [-0.4, -0.2) is 12.2 Å². The highest BCUT2D eigenvalue weighted by molar-refractivity contribution is 7.32. The van der Waals surface area contributed by atoms with E-state index in [0.29, 0.717) is 0 Å². The summed E-state index contributed by atoms with van der Waals surface area (Å²) in [5.74, 6) is 0. The fraction of sp³-hybridized carbons (Fsp3) is 1.00. The Balaban J connectivity index is 3.34. The van der Waals surface area contributed by atoms with Crippen LogP contribution in [0.4, 0.5) is 0 Å². The van der Waals surface area contributed by atoms with E-state index in [-0.39, 0.29) is 12.2 Å². The molecule has 0 aliphatic heterocycles. The predicted octanol–water partition coefficient (Wildman–Crippen LogP) is 2.09. The van der Waals surface area contributed by atoms with Gasteiger partial charge in [-0.05, 0) is 27.7 Å². The summed E-state index contributed by atoms with van der Waals surface area (Å²) in [5, 5.41) is 0. The summed E-state index contributed by atoms with van der Waals surface area (Å²) in [4.78, 5) is 9.13. The van der Waals surface area contributed by atoms with Crippen molar-refractivity contribution in [1.82, 2.24) is 0 Å². The first-order chi connectivity index (χ1) is 5.52. The molecule has 0 aromatic carbocycles. The van der Waals surface area contributed by atoms with E-state index < -0.39 is 8.25 Å². The van der Waals surface area contributed by atoms with Crippen LogP contribution in [0.25, 0.3) is 0 Å². The van der Waals surface area contributed by atoms with E-state index in [0.717, 1.165) is 0 Å². The van der Waals surface area contributed by atoms with E-state index in [4.69, 9.17) is 0 Å². The predicted molar refractivity (Wildman–Crippen MR) is 43.6 cm³/mol. The number of rotatable bonds is 6.